The van der Waals surface area contributed by atoms with E-state index in [1.165, 1.54) is 19.3 Å². The quantitative estimate of drug-likeness (QED) is 0.791. The molecule has 172 valence electrons. The van der Waals surface area contributed by atoms with Gasteiger partial charge in [0.05, 0.1) is 6.54 Å². The van der Waals surface area contributed by atoms with E-state index in [1.807, 2.05) is 28.0 Å². The molecule has 3 amide bonds. The van der Waals surface area contributed by atoms with Crippen molar-refractivity contribution in [2.24, 2.45) is 0 Å². The molecule has 1 aromatic heterocycles. The third-order valence-electron chi connectivity index (χ3n) is 7.02. The van der Waals surface area contributed by atoms with E-state index in [2.05, 4.69) is 15.2 Å². The number of urea groups is 1. The average Bonchev–Trinajstić information content (AvgIpc) is 3.48. The molecular weight excluding hydrogens is 406 g/mol. The monoisotopic (exact) mass is 439 g/mol. The highest BCUT2D eigenvalue weighted by Gasteiger charge is 2.25. The van der Waals surface area contributed by atoms with E-state index in [1.54, 1.807) is 0 Å². The summed E-state index contributed by atoms with van der Waals surface area (Å²) >= 11 is 0. The Kier molecular flexibility index (Phi) is 6.30. The second-order valence-electron chi connectivity index (χ2n) is 9.34. The number of hydrogen-bond acceptors (Lipinski definition) is 5. The number of likely N-dealkylation sites (tertiary alicyclic amines) is 1. The van der Waals surface area contributed by atoms with Gasteiger partial charge in [-0.15, -0.1) is 0 Å². The van der Waals surface area contributed by atoms with Crippen LogP contribution in [0.1, 0.15) is 61.2 Å². The summed E-state index contributed by atoms with van der Waals surface area (Å²) in [6.07, 6.45) is 8.02. The molecule has 2 saturated heterocycles. The summed E-state index contributed by atoms with van der Waals surface area (Å²) < 4.78 is 5.94. The summed E-state index contributed by atoms with van der Waals surface area (Å²) in [7, 11) is 0. The van der Waals surface area contributed by atoms with Gasteiger partial charge in [0.1, 0.15) is 5.52 Å². The Bertz CT molecular complexity index is 954. The Balaban J connectivity index is 1.16. The number of carbonyl (C=O) groups is 2. The summed E-state index contributed by atoms with van der Waals surface area (Å²) in [5.41, 5.74) is 2.13. The van der Waals surface area contributed by atoms with Gasteiger partial charge < -0.3 is 19.5 Å². The average molecular weight is 440 g/mol. The molecule has 8 nitrogen and oxygen atoms in total. The van der Waals surface area contributed by atoms with E-state index in [0.717, 1.165) is 57.4 Å². The summed E-state index contributed by atoms with van der Waals surface area (Å²) in [5.74, 6) is 0.745. The van der Waals surface area contributed by atoms with Gasteiger partial charge in [-0.1, -0.05) is 12.8 Å². The molecule has 3 heterocycles. The third-order valence-corrected chi connectivity index (χ3v) is 7.02. The van der Waals surface area contributed by atoms with Crippen LogP contribution in [-0.4, -0.2) is 76.9 Å². The Morgan fingerprint density at radius 1 is 0.938 bits per heavy atom. The fourth-order valence-corrected chi connectivity index (χ4v) is 5.09. The van der Waals surface area contributed by atoms with Crippen LogP contribution in [0.15, 0.2) is 22.6 Å². The molecule has 1 aliphatic carbocycles. The number of oxazole rings is 1. The molecule has 3 aliphatic rings. The minimum absolute atomic E-state index is 0.0734. The van der Waals surface area contributed by atoms with Crippen molar-refractivity contribution in [3.8, 4) is 0 Å². The van der Waals surface area contributed by atoms with Crippen LogP contribution in [0.25, 0.3) is 11.1 Å². The molecule has 1 N–H and O–H groups in total. The van der Waals surface area contributed by atoms with E-state index >= 15 is 0 Å². The second-order valence-corrected chi connectivity index (χ2v) is 9.34. The lowest BCUT2D eigenvalue weighted by Crippen LogP contribution is -2.52. The molecule has 0 atom stereocenters. The van der Waals surface area contributed by atoms with Crippen LogP contribution >= 0.6 is 0 Å². The highest BCUT2D eigenvalue weighted by molar-refractivity contribution is 5.97. The number of rotatable bonds is 4. The zero-order chi connectivity index (χ0) is 21.9. The lowest BCUT2D eigenvalue weighted by molar-refractivity contribution is 0.0724. The molecule has 2 aliphatic heterocycles. The Morgan fingerprint density at radius 2 is 1.69 bits per heavy atom. The first-order valence-corrected chi connectivity index (χ1v) is 12.1. The van der Waals surface area contributed by atoms with E-state index in [-0.39, 0.29) is 11.9 Å². The zero-order valence-corrected chi connectivity index (χ0v) is 18.7. The Morgan fingerprint density at radius 3 is 2.44 bits per heavy atom. The maximum atomic E-state index is 12.8. The first-order chi connectivity index (χ1) is 15.7. The lowest BCUT2D eigenvalue weighted by atomic mass is 10.1. The molecule has 32 heavy (non-hydrogen) atoms. The lowest BCUT2D eigenvalue weighted by Gasteiger charge is -2.34. The summed E-state index contributed by atoms with van der Waals surface area (Å²) in [6, 6.07) is 5.98. The van der Waals surface area contributed by atoms with Crippen molar-refractivity contribution in [1.29, 1.82) is 0 Å². The van der Waals surface area contributed by atoms with Crippen molar-refractivity contribution < 1.29 is 14.0 Å². The van der Waals surface area contributed by atoms with Crippen molar-refractivity contribution in [2.45, 2.75) is 57.5 Å². The number of piperidine rings is 1. The van der Waals surface area contributed by atoms with Crippen molar-refractivity contribution in [2.75, 3.05) is 39.3 Å². The summed E-state index contributed by atoms with van der Waals surface area (Å²) in [4.78, 5) is 36.0. The fourth-order valence-electron chi connectivity index (χ4n) is 5.09. The molecule has 8 heteroatoms. The topological polar surface area (TPSA) is 81.9 Å². The predicted octanol–water partition coefficient (Wildman–Crippen LogP) is 3.22. The van der Waals surface area contributed by atoms with E-state index in [0.29, 0.717) is 42.7 Å². The van der Waals surface area contributed by atoms with Crippen LogP contribution < -0.4 is 5.32 Å². The first-order valence-electron chi connectivity index (χ1n) is 12.1. The van der Waals surface area contributed by atoms with Gasteiger partial charge in [-0.05, 0) is 50.3 Å². The number of nitrogens with one attached hydrogen (secondary N) is 1. The van der Waals surface area contributed by atoms with Crippen molar-refractivity contribution in [1.82, 2.24) is 25.0 Å². The maximum absolute atomic E-state index is 12.8. The van der Waals surface area contributed by atoms with Crippen LogP contribution in [0.3, 0.4) is 0 Å². The van der Waals surface area contributed by atoms with Gasteiger partial charge in [0.15, 0.2) is 5.58 Å². The van der Waals surface area contributed by atoms with Crippen molar-refractivity contribution in [3.05, 3.63) is 29.7 Å². The fraction of sp³-hybridized carbons (Fsp3) is 0.625. The van der Waals surface area contributed by atoms with Crippen LogP contribution in [0.2, 0.25) is 0 Å². The number of fused-ring (bicyclic) bond motifs is 1. The van der Waals surface area contributed by atoms with Crippen LogP contribution in [0.4, 0.5) is 4.79 Å². The van der Waals surface area contributed by atoms with Gasteiger partial charge in [-0.3, -0.25) is 9.69 Å². The highest BCUT2D eigenvalue weighted by Crippen LogP contribution is 2.21. The summed E-state index contributed by atoms with van der Waals surface area (Å²) in [5, 5.41) is 3.18. The smallest absolute Gasteiger partial charge is 0.317 e. The van der Waals surface area contributed by atoms with Crippen LogP contribution in [0, 0.1) is 0 Å². The number of carbonyl (C=O) groups excluding carboxylic acids is 2. The molecule has 1 aromatic carbocycles. The largest absolute Gasteiger partial charge is 0.439 e. The number of benzene rings is 1. The molecule has 0 radical (unpaired) electrons. The Labute approximate surface area is 188 Å². The number of nitrogens with zero attached hydrogens (tertiary/aromatic N) is 4. The number of hydrogen-bond donors (Lipinski definition) is 1. The van der Waals surface area contributed by atoms with Gasteiger partial charge in [0, 0.05) is 50.9 Å². The molecule has 0 bridgehead atoms. The van der Waals surface area contributed by atoms with Crippen LogP contribution in [-0.2, 0) is 6.54 Å². The maximum Gasteiger partial charge on any atom is 0.317 e. The minimum atomic E-state index is 0.0734. The number of piperazine rings is 1. The standard InChI is InChI=1S/C24H33N5O3/c30-23(28-10-4-1-5-11-28)18-8-9-21-20(16-18)26-22(32-21)17-27-12-14-29(15-13-27)24(31)25-19-6-2-3-7-19/h8-9,16,19H,1-7,10-15,17H2,(H,25,31). The number of aromatic nitrogens is 1. The van der Waals surface area contributed by atoms with Crippen LogP contribution in [0.5, 0.6) is 0 Å². The SMILES string of the molecule is O=C(NC1CCCC1)N1CCN(Cc2nc3cc(C(=O)N4CCCCC4)ccc3o2)CC1. The third kappa shape index (κ3) is 4.75. The van der Waals surface area contributed by atoms with E-state index in [4.69, 9.17) is 4.42 Å². The first kappa shape index (κ1) is 21.2. The van der Waals surface area contributed by atoms with E-state index < -0.39 is 0 Å². The normalized spacial score (nSPS) is 20.8. The van der Waals surface area contributed by atoms with Gasteiger partial charge in [0.2, 0.25) is 5.89 Å². The molecule has 0 unspecified atom stereocenters. The minimum Gasteiger partial charge on any atom is -0.439 e. The summed E-state index contributed by atoms with van der Waals surface area (Å²) in [6.45, 7) is 5.32. The van der Waals surface area contributed by atoms with Crippen molar-refractivity contribution >= 4 is 23.0 Å². The second kappa shape index (κ2) is 9.48. The Hall–Kier alpha value is -2.61. The predicted molar refractivity (Wildman–Crippen MR) is 121 cm³/mol. The molecular formula is C24H33N5O3. The molecule has 1 saturated carbocycles. The van der Waals surface area contributed by atoms with E-state index in [9.17, 15) is 9.59 Å². The molecule has 5 rings (SSSR count). The zero-order valence-electron chi connectivity index (χ0n) is 18.7. The molecule has 3 fully saturated rings. The highest BCUT2D eigenvalue weighted by atomic mass is 16.3. The molecule has 2 aromatic rings. The van der Waals surface area contributed by atoms with Gasteiger partial charge in [-0.25, -0.2) is 9.78 Å². The van der Waals surface area contributed by atoms with Gasteiger partial charge in [0.25, 0.3) is 5.91 Å². The molecule has 0 spiro atoms. The number of amides is 3. The van der Waals surface area contributed by atoms with Gasteiger partial charge >= 0.3 is 6.03 Å². The van der Waals surface area contributed by atoms with Gasteiger partial charge in [-0.2, -0.15) is 0 Å². The van der Waals surface area contributed by atoms with Crippen molar-refractivity contribution in [3.63, 3.8) is 0 Å².